The van der Waals surface area contributed by atoms with Gasteiger partial charge in [0.05, 0.1) is 18.6 Å². The third kappa shape index (κ3) is 3.40. The van der Waals surface area contributed by atoms with Crippen molar-refractivity contribution < 1.29 is 12.6 Å². The summed E-state index contributed by atoms with van der Waals surface area (Å²) in [6.07, 6.45) is 4.56. The standard InChI is InChI=1S/C11H12N2O3S/c1-17(14,15)16-9-10-3-5-11(6-4-10)13-8-2-7-12-13/h2-8H,9H2,1H3. The minimum Gasteiger partial charge on any atom is -0.265 e. The second-order valence-electron chi connectivity index (χ2n) is 3.58. The Morgan fingerprint density at radius 1 is 1.29 bits per heavy atom. The van der Waals surface area contributed by atoms with Gasteiger partial charge in [0.1, 0.15) is 0 Å². The number of hydrogen-bond donors (Lipinski definition) is 0. The van der Waals surface area contributed by atoms with Crippen LogP contribution in [0.15, 0.2) is 42.7 Å². The molecule has 0 saturated heterocycles. The lowest BCUT2D eigenvalue weighted by molar-refractivity contribution is 0.311. The van der Waals surface area contributed by atoms with Crippen LogP contribution in [0.4, 0.5) is 0 Å². The molecule has 6 heteroatoms. The average Bonchev–Trinajstić information content (AvgIpc) is 2.79. The quantitative estimate of drug-likeness (QED) is 0.771. The minimum absolute atomic E-state index is 0.0538. The van der Waals surface area contributed by atoms with Gasteiger partial charge in [0, 0.05) is 12.4 Å². The van der Waals surface area contributed by atoms with Gasteiger partial charge >= 0.3 is 0 Å². The van der Waals surface area contributed by atoms with Gasteiger partial charge in [-0.05, 0) is 23.8 Å². The topological polar surface area (TPSA) is 61.2 Å². The van der Waals surface area contributed by atoms with Gasteiger partial charge in [0.15, 0.2) is 0 Å². The molecule has 2 rings (SSSR count). The van der Waals surface area contributed by atoms with Crippen LogP contribution in [0.1, 0.15) is 5.56 Å². The van der Waals surface area contributed by atoms with Gasteiger partial charge in [0.25, 0.3) is 10.1 Å². The lowest BCUT2D eigenvalue weighted by Crippen LogP contribution is -2.02. The van der Waals surface area contributed by atoms with E-state index < -0.39 is 10.1 Å². The normalized spacial score (nSPS) is 11.6. The summed E-state index contributed by atoms with van der Waals surface area (Å²) in [5, 5.41) is 4.09. The maximum absolute atomic E-state index is 10.8. The lowest BCUT2D eigenvalue weighted by atomic mass is 10.2. The Labute approximate surface area is 99.8 Å². The number of hydrogen-bond acceptors (Lipinski definition) is 4. The van der Waals surface area contributed by atoms with Crippen molar-refractivity contribution >= 4 is 10.1 Å². The molecule has 0 atom stereocenters. The van der Waals surface area contributed by atoms with Crippen molar-refractivity contribution in [3.05, 3.63) is 48.3 Å². The monoisotopic (exact) mass is 252 g/mol. The molecule has 2 aromatic rings. The second kappa shape index (κ2) is 4.68. The zero-order valence-corrected chi connectivity index (χ0v) is 10.1. The first kappa shape index (κ1) is 11.8. The molecular weight excluding hydrogens is 240 g/mol. The summed E-state index contributed by atoms with van der Waals surface area (Å²) in [5.41, 5.74) is 1.71. The molecule has 0 unspecified atom stereocenters. The predicted molar refractivity (Wildman–Crippen MR) is 63.2 cm³/mol. The second-order valence-corrected chi connectivity index (χ2v) is 5.23. The van der Waals surface area contributed by atoms with E-state index in [1.807, 2.05) is 36.5 Å². The molecule has 1 heterocycles. The molecule has 0 bridgehead atoms. The smallest absolute Gasteiger partial charge is 0.264 e. The Hall–Kier alpha value is -1.66. The van der Waals surface area contributed by atoms with Crippen LogP contribution in [-0.2, 0) is 20.9 Å². The molecule has 0 fully saturated rings. The third-order valence-corrected chi connectivity index (χ3v) is 2.69. The molecule has 0 amide bonds. The first-order chi connectivity index (χ1) is 8.04. The van der Waals surface area contributed by atoms with Gasteiger partial charge in [-0.1, -0.05) is 12.1 Å². The SMILES string of the molecule is CS(=O)(=O)OCc1ccc(-n2cccn2)cc1. The molecule has 1 aromatic heterocycles. The summed E-state index contributed by atoms with van der Waals surface area (Å²) >= 11 is 0. The highest BCUT2D eigenvalue weighted by atomic mass is 32.2. The van der Waals surface area contributed by atoms with Crippen LogP contribution in [0.3, 0.4) is 0 Å². The van der Waals surface area contributed by atoms with Crippen molar-refractivity contribution in [2.75, 3.05) is 6.26 Å². The van der Waals surface area contributed by atoms with Crippen molar-refractivity contribution in [1.29, 1.82) is 0 Å². The fraction of sp³-hybridized carbons (Fsp3) is 0.182. The summed E-state index contributed by atoms with van der Waals surface area (Å²) in [6.45, 7) is 0.0538. The Balaban J connectivity index is 2.09. The molecular formula is C11H12N2O3S. The number of benzene rings is 1. The predicted octanol–water partition coefficient (Wildman–Crippen LogP) is 1.35. The molecule has 17 heavy (non-hydrogen) atoms. The zero-order chi connectivity index (χ0) is 12.3. The molecule has 0 aliphatic rings. The first-order valence-corrected chi connectivity index (χ1v) is 6.80. The fourth-order valence-electron chi connectivity index (χ4n) is 1.34. The minimum atomic E-state index is -3.39. The molecule has 0 N–H and O–H groups in total. The molecule has 0 radical (unpaired) electrons. The van der Waals surface area contributed by atoms with Crippen molar-refractivity contribution in [1.82, 2.24) is 9.78 Å². The van der Waals surface area contributed by atoms with Gasteiger partial charge < -0.3 is 0 Å². The Kier molecular flexibility index (Phi) is 3.26. The van der Waals surface area contributed by atoms with E-state index in [1.54, 1.807) is 10.9 Å². The van der Waals surface area contributed by atoms with Crippen LogP contribution in [0.25, 0.3) is 5.69 Å². The Bertz CT molecular complexity index is 574. The third-order valence-electron chi connectivity index (χ3n) is 2.14. The van der Waals surface area contributed by atoms with E-state index in [0.717, 1.165) is 17.5 Å². The number of nitrogens with zero attached hydrogens (tertiary/aromatic N) is 2. The molecule has 0 aliphatic carbocycles. The van der Waals surface area contributed by atoms with Crippen LogP contribution in [0.2, 0.25) is 0 Å². The molecule has 0 aliphatic heterocycles. The summed E-state index contributed by atoms with van der Waals surface area (Å²) in [5.74, 6) is 0. The number of aromatic nitrogens is 2. The van der Waals surface area contributed by atoms with Crippen molar-refractivity contribution in [3.63, 3.8) is 0 Å². The molecule has 0 spiro atoms. The average molecular weight is 252 g/mol. The Morgan fingerprint density at radius 3 is 2.53 bits per heavy atom. The molecule has 1 aromatic carbocycles. The van der Waals surface area contributed by atoms with Gasteiger partial charge in [-0.2, -0.15) is 13.5 Å². The summed E-state index contributed by atoms with van der Waals surface area (Å²) < 4.78 is 28.1. The van der Waals surface area contributed by atoms with Crippen LogP contribution >= 0.6 is 0 Å². The van der Waals surface area contributed by atoms with E-state index in [4.69, 9.17) is 4.18 Å². The van der Waals surface area contributed by atoms with Crippen LogP contribution in [0, 0.1) is 0 Å². The van der Waals surface area contributed by atoms with Crippen LogP contribution < -0.4 is 0 Å². The van der Waals surface area contributed by atoms with E-state index in [9.17, 15) is 8.42 Å². The van der Waals surface area contributed by atoms with Crippen LogP contribution in [-0.4, -0.2) is 24.5 Å². The van der Waals surface area contributed by atoms with Crippen molar-refractivity contribution in [2.45, 2.75) is 6.61 Å². The first-order valence-electron chi connectivity index (χ1n) is 4.98. The lowest BCUT2D eigenvalue weighted by Gasteiger charge is -2.04. The maximum atomic E-state index is 10.8. The highest BCUT2D eigenvalue weighted by molar-refractivity contribution is 7.85. The molecule has 90 valence electrons. The summed E-state index contributed by atoms with van der Waals surface area (Å²) in [7, 11) is -3.39. The molecule has 0 saturated carbocycles. The van der Waals surface area contributed by atoms with Crippen LogP contribution in [0.5, 0.6) is 0 Å². The number of rotatable bonds is 4. The van der Waals surface area contributed by atoms with E-state index in [0.29, 0.717) is 0 Å². The van der Waals surface area contributed by atoms with Gasteiger partial charge in [-0.25, -0.2) is 4.68 Å². The zero-order valence-electron chi connectivity index (χ0n) is 9.28. The van der Waals surface area contributed by atoms with Crippen molar-refractivity contribution in [3.8, 4) is 5.69 Å². The van der Waals surface area contributed by atoms with E-state index in [1.165, 1.54) is 0 Å². The van der Waals surface area contributed by atoms with E-state index >= 15 is 0 Å². The maximum Gasteiger partial charge on any atom is 0.264 e. The molecule has 5 nitrogen and oxygen atoms in total. The largest absolute Gasteiger partial charge is 0.265 e. The van der Waals surface area contributed by atoms with E-state index in [-0.39, 0.29) is 6.61 Å². The highest BCUT2D eigenvalue weighted by Crippen LogP contribution is 2.10. The van der Waals surface area contributed by atoms with Gasteiger partial charge in [-0.3, -0.25) is 4.18 Å². The Morgan fingerprint density at radius 2 is 2.00 bits per heavy atom. The van der Waals surface area contributed by atoms with Gasteiger partial charge in [0.2, 0.25) is 0 Å². The van der Waals surface area contributed by atoms with Crippen molar-refractivity contribution in [2.24, 2.45) is 0 Å². The summed E-state index contributed by atoms with van der Waals surface area (Å²) in [6, 6.07) is 9.16. The van der Waals surface area contributed by atoms with E-state index in [2.05, 4.69) is 5.10 Å². The summed E-state index contributed by atoms with van der Waals surface area (Å²) in [4.78, 5) is 0. The van der Waals surface area contributed by atoms with Gasteiger partial charge in [-0.15, -0.1) is 0 Å². The fourth-order valence-corrected chi connectivity index (χ4v) is 1.69. The highest BCUT2D eigenvalue weighted by Gasteiger charge is 2.03.